The predicted octanol–water partition coefficient (Wildman–Crippen LogP) is 5.22. The topological polar surface area (TPSA) is 78.3 Å². The lowest BCUT2D eigenvalue weighted by Gasteiger charge is -2.22. The minimum atomic E-state index is -2.73. The van der Waals surface area contributed by atoms with Crippen molar-refractivity contribution in [2.75, 3.05) is 12.4 Å². The van der Waals surface area contributed by atoms with Crippen LogP contribution in [0.1, 0.15) is 56.6 Å². The molecule has 0 aliphatic rings. The van der Waals surface area contributed by atoms with E-state index in [0.717, 1.165) is 11.8 Å². The van der Waals surface area contributed by atoms with Crippen LogP contribution in [0.25, 0.3) is 10.9 Å². The Kier molecular flexibility index (Phi) is 7.08. The standard InChI is InChI=1S/C23H28F2N4O3/c1-14(2)32-19-12-18-15(13-29(28-18)10-9-23(3,4)31-5)11-16(19)22(30)27-20-8-6-7-17(26-20)21(24)25/h6-8,11-14,21H,9-10H2,1-5H3,(H,26,27,30). The Labute approximate surface area is 185 Å². The van der Waals surface area contributed by atoms with Crippen LogP contribution in [0.5, 0.6) is 5.75 Å². The number of methoxy groups -OCH3 is 1. The molecular formula is C23H28F2N4O3. The van der Waals surface area contributed by atoms with Crippen molar-refractivity contribution in [2.45, 2.75) is 58.8 Å². The van der Waals surface area contributed by atoms with E-state index in [1.54, 1.807) is 23.9 Å². The first-order valence-corrected chi connectivity index (χ1v) is 10.4. The zero-order valence-electron chi connectivity index (χ0n) is 18.9. The van der Waals surface area contributed by atoms with Crippen LogP contribution in [0.2, 0.25) is 0 Å². The van der Waals surface area contributed by atoms with Gasteiger partial charge in [-0.25, -0.2) is 13.8 Å². The van der Waals surface area contributed by atoms with E-state index in [9.17, 15) is 13.6 Å². The number of carbonyl (C=O) groups is 1. The quantitative estimate of drug-likeness (QED) is 0.487. The Balaban J connectivity index is 1.91. The van der Waals surface area contributed by atoms with Gasteiger partial charge in [0.1, 0.15) is 17.3 Å². The molecule has 0 saturated carbocycles. The summed E-state index contributed by atoms with van der Waals surface area (Å²) >= 11 is 0. The number of nitrogens with one attached hydrogen (secondary N) is 1. The number of ether oxygens (including phenoxy) is 2. The van der Waals surface area contributed by atoms with Crippen molar-refractivity contribution >= 4 is 22.6 Å². The van der Waals surface area contributed by atoms with Crippen LogP contribution >= 0.6 is 0 Å². The Morgan fingerprint density at radius 1 is 1.25 bits per heavy atom. The van der Waals surface area contributed by atoms with Gasteiger partial charge in [-0.3, -0.25) is 9.48 Å². The summed E-state index contributed by atoms with van der Waals surface area (Å²) in [6, 6.07) is 7.49. The Morgan fingerprint density at radius 2 is 2.00 bits per heavy atom. The number of anilines is 1. The van der Waals surface area contributed by atoms with E-state index in [1.165, 1.54) is 18.2 Å². The van der Waals surface area contributed by atoms with Crippen LogP contribution in [0.4, 0.5) is 14.6 Å². The number of halogens is 2. The average Bonchev–Trinajstić information content (AvgIpc) is 3.13. The number of rotatable bonds is 9. The third-order valence-electron chi connectivity index (χ3n) is 4.99. The van der Waals surface area contributed by atoms with Crippen molar-refractivity contribution in [2.24, 2.45) is 0 Å². The van der Waals surface area contributed by atoms with Crippen LogP contribution in [-0.2, 0) is 11.3 Å². The number of hydrogen-bond acceptors (Lipinski definition) is 5. The van der Waals surface area contributed by atoms with Gasteiger partial charge in [0.25, 0.3) is 12.3 Å². The van der Waals surface area contributed by atoms with Gasteiger partial charge in [0.05, 0.1) is 22.8 Å². The third-order valence-corrected chi connectivity index (χ3v) is 4.99. The van der Waals surface area contributed by atoms with Crippen LogP contribution in [0.3, 0.4) is 0 Å². The lowest BCUT2D eigenvalue weighted by atomic mass is 10.1. The molecule has 0 aliphatic heterocycles. The molecule has 0 spiro atoms. The molecule has 7 nitrogen and oxygen atoms in total. The molecule has 0 atom stereocenters. The number of amides is 1. The number of carbonyl (C=O) groups excluding carboxylic acids is 1. The van der Waals surface area contributed by atoms with E-state index in [1.807, 2.05) is 33.9 Å². The molecule has 3 aromatic rings. The fraction of sp³-hybridized carbons (Fsp3) is 0.435. The van der Waals surface area contributed by atoms with E-state index in [-0.39, 0.29) is 23.1 Å². The van der Waals surface area contributed by atoms with Crippen molar-refractivity contribution in [1.29, 1.82) is 0 Å². The van der Waals surface area contributed by atoms with Crippen molar-refractivity contribution in [3.8, 4) is 5.75 Å². The largest absolute Gasteiger partial charge is 0.490 e. The molecular weight excluding hydrogens is 418 g/mol. The molecule has 0 saturated heterocycles. The zero-order chi connectivity index (χ0) is 23.5. The summed E-state index contributed by atoms with van der Waals surface area (Å²) in [5.41, 5.74) is 0.268. The summed E-state index contributed by atoms with van der Waals surface area (Å²) < 4.78 is 39.0. The molecule has 9 heteroatoms. The van der Waals surface area contributed by atoms with Gasteiger partial charge in [-0.05, 0) is 52.3 Å². The van der Waals surface area contributed by atoms with Gasteiger partial charge < -0.3 is 14.8 Å². The van der Waals surface area contributed by atoms with Crippen molar-refractivity contribution in [3.05, 3.63) is 47.8 Å². The number of aromatic nitrogens is 3. The molecule has 172 valence electrons. The molecule has 0 bridgehead atoms. The molecule has 2 aromatic heterocycles. The lowest BCUT2D eigenvalue weighted by molar-refractivity contribution is 0.0113. The SMILES string of the molecule is COC(C)(C)CCn1cc2cc(C(=O)Nc3cccc(C(F)F)n3)c(OC(C)C)cc2n1. The zero-order valence-corrected chi connectivity index (χ0v) is 18.9. The lowest BCUT2D eigenvalue weighted by Crippen LogP contribution is -2.24. The summed E-state index contributed by atoms with van der Waals surface area (Å²) in [5.74, 6) is -0.104. The number of pyridine rings is 1. The summed E-state index contributed by atoms with van der Waals surface area (Å²) in [5, 5.41) is 7.93. The molecule has 2 heterocycles. The molecule has 3 rings (SSSR count). The van der Waals surface area contributed by atoms with Crippen LogP contribution in [0.15, 0.2) is 36.5 Å². The maximum Gasteiger partial charge on any atom is 0.280 e. The summed E-state index contributed by atoms with van der Waals surface area (Å²) in [6.07, 6.45) is -0.292. The smallest absolute Gasteiger partial charge is 0.280 e. The van der Waals surface area contributed by atoms with Gasteiger partial charge in [-0.2, -0.15) is 5.10 Å². The molecule has 0 radical (unpaired) electrons. The third kappa shape index (κ3) is 5.79. The maximum absolute atomic E-state index is 13.0. The highest BCUT2D eigenvalue weighted by Crippen LogP contribution is 2.28. The number of fused-ring (bicyclic) bond motifs is 1. The Bertz CT molecular complexity index is 1100. The van der Waals surface area contributed by atoms with Crippen molar-refractivity contribution in [3.63, 3.8) is 0 Å². The summed E-state index contributed by atoms with van der Waals surface area (Å²) in [7, 11) is 1.67. The second-order valence-corrected chi connectivity index (χ2v) is 8.38. The highest BCUT2D eigenvalue weighted by molar-refractivity contribution is 6.08. The monoisotopic (exact) mass is 446 g/mol. The van der Waals surface area contributed by atoms with E-state index in [2.05, 4.69) is 15.4 Å². The summed E-state index contributed by atoms with van der Waals surface area (Å²) in [6.45, 7) is 8.35. The normalized spacial score (nSPS) is 12.0. The minimum Gasteiger partial charge on any atom is -0.490 e. The van der Waals surface area contributed by atoms with E-state index >= 15 is 0 Å². The van der Waals surface area contributed by atoms with Gasteiger partial charge in [-0.1, -0.05) is 6.07 Å². The van der Waals surface area contributed by atoms with Crippen LogP contribution < -0.4 is 10.1 Å². The first kappa shape index (κ1) is 23.6. The first-order chi connectivity index (χ1) is 15.1. The fourth-order valence-corrected chi connectivity index (χ4v) is 3.06. The van der Waals surface area contributed by atoms with E-state index < -0.39 is 18.0 Å². The van der Waals surface area contributed by atoms with Gasteiger partial charge in [0, 0.05) is 31.3 Å². The molecule has 0 fully saturated rings. The van der Waals surface area contributed by atoms with Crippen LogP contribution in [0, 0.1) is 0 Å². The Morgan fingerprint density at radius 3 is 2.66 bits per heavy atom. The van der Waals surface area contributed by atoms with E-state index in [4.69, 9.17) is 9.47 Å². The number of nitrogens with zero attached hydrogens (tertiary/aromatic N) is 3. The van der Waals surface area contributed by atoms with Crippen molar-refractivity contribution in [1.82, 2.24) is 14.8 Å². The fourth-order valence-electron chi connectivity index (χ4n) is 3.06. The number of hydrogen-bond donors (Lipinski definition) is 1. The second-order valence-electron chi connectivity index (χ2n) is 8.38. The summed E-state index contributed by atoms with van der Waals surface area (Å²) in [4.78, 5) is 16.8. The highest BCUT2D eigenvalue weighted by Gasteiger charge is 2.20. The first-order valence-electron chi connectivity index (χ1n) is 10.4. The minimum absolute atomic E-state index is 0.0425. The number of alkyl halides is 2. The average molecular weight is 446 g/mol. The van der Waals surface area contributed by atoms with Gasteiger partial charge in [0.2, 0.25) is 0 Å². The highest BCUT2D eigenvalue weighted by atomic mass is 19.3. The molecule has 1 amide bonds. The van der Waals surface area contributed by atoms with Gasteiger partial charge >= 0.3 is 0 Å². The molecule has 1 N–H and O–H groups in total. The second kappa shape index (κ2) is 9.60. The van der Waals surface area contributed by atoms with Crippen LogP contribution in [-0.4, -0.2) is 39.5 Å². The maximum atomic E-state index is 13.0. The number of benzene rings is 1. The van der Waals surface area contributed by atoms with Gasteiger partial charge in [-0.15, -0.1) is 0 Å². The molecule has 1 aromatic carbocycles. The molecule has 0 aliphatic carbocycles. The van der Waals surface area contributed by atoms with Gasteiger partial charge in [0.15, 0.2) is 0 Å². The molecule has 32 heavy (non-hydrogen) atoms. The van der Waals surface area contributed by atoms with Crippen molar-refractivity contribution < 1.29 is 23.0 Å². The Hall–Kier alpha value is -3.07. The predicted molar refractivity (Wildman–Crippen MR) is 118 cm³/mol. The molecule has 0 unspecified atom stereocenters. The number of aryl methyl sites for hydroxylation is 1. The van der Waals surface area contributed by atoms with E-state index in [0.29, 0.717) is 17.8 Å².